The van der Waals surface area contributed by atoms with Crippen LogP contribution in [-0.2, 0) is 4.79 Å². The third-order valence-electron chi connectivity index (χ3n) is 7.80. The van der Waals surface area contributed by atoms with Gasteiger partial charge in [-0.25, -0.2) is 4.39 Å². The Balaban J connectivity index is 1.52. The Morgan fingerprint density at radius 3 is 2.12 bits per heavy atom. The van der Waals surface area contributed by atoms with E-state index in [2.05, 4.69) is 15.0 Å². The van der Waals surface area contributed by atoms with Gasteiger partial charge in [0, 0.05) is 22.8 Å². The first-order chi connectivity index (χ1) is 19.8. The molecule has 41 heavy (non-hydrogen) atoms. The molecule has 11 heteroatoms. The van der Waals surface area contributed by atoms with E-state index in [0.717, 1.165) is 69.3 Å². The summed E-state index contributed by atoms with van der Waals surface area (Å²) in [6.45, 7) is 0. The van der Waals surface area contributed by atoms with Crippen LogP contribution in [0.5, 0.6) is 0 Å². The highest BCUT2D eigenvalue weighted by Crippen LogP contribution is 2.34. The molecule has 2 saturated carbocycles. The van der Waals surface area contributed by atoms with Gasteiger partial charge in [0.05, 0.1) is 5.69 Å². The van der Waals surface area contributed by atoms with Crippen LogP contribution in [0, 0.1) is 5.82 Å². The summed E-state index contributed by atoms with van der Waals surface area (Å²) in [5, 5.41) is 6.53. The van der Waals surface area contributed by atoms with Gasteiger partial charge in [-0.05, 0) is 79.2 Å². The van der Waals surface area contributed by atoms with Crippen LogP contribution in [0.3, 0.4) is 0 Å². The van der Waals surface area contributed by atoms with E-state index in [1.165, 1.54) is 29.2 Å². The van der Waals surface area contributed by atoms with E-state index in [0.29, 0.717) is 16.3 Å². The van der Waals surface area contributed by atoms with E-state index in [1.54, 1.807) is 24.3 Å². The lowest BCUT2D eigenvalue weighted by Crippen LogP contribution is -2.46. The summed E-state index contributed by atoms with van der Waals surface area (Å²) in [7, 11) is 0. The topological polar surface area (TPSA) is 117 Å². The lowest BCUT2D eigenvalue weighted by atomic mass is 9.95. The Morgan fingerprint density at radius 2 is 1.49 bits per heavy atom. The third kappa shape index (κ3) is 6.70. The summed E-state index contributed by atoms with van der Waals surface area (Å²) in [6, 6.07) is 10.9. The first-order valence-electron chi connectivity index (χ1n) is 14.0. The number of aromatic nitrogens is 1. The molecule has 0 radical (unpaired) electrons. The molecule has 3 aromatic rings. The summed E-state index contributed by atoms with van der Waals surface area (Å²) in [5.74, 6) is -1.88. The number of amides is 3. The van der Waals surface area contributed by atoms with Crippen molar-refractivity contribution in [1.82, 2.24) is 15.0 Å². The van der Waals surface area contributed by atoms with E-state index < -0.39 is 29.6 Å². The minimum absolute atomic E-state index is 0.00582. The van der Waals surface area contributed by atoms with E-state index in [-0.39, 0.29) is 28.3 Å². The second kappa shape index (κ2) is 13.0. The maximum absolute atomic E-state index is 14.3. The number of rotatable bonds is 8. The van der Waals surface area contributed by atoms with Crippen LogP contribution < -0.4 is 21.3 Å². The average Bonchev–Trinajstić information content (AvgIpc) is 3.62. The molecule has 0 spiro atoms. The zero-order valence-corrected chi connectivity index (χ0v) is 24.1. The maximum atomic E-state index is 14.3. The molecule has 1 aromatic heterocycles. The Bertz CT molecular complexity index is 1390. The predicted octanol–water partition coefficient (Wildman–Crippen LogP) is 6.03. The van der Waals surface area contributed by atoms with E-state index in [1.807, 2.05) is 0 Å². The molecule has 1 heterocycles. The Kier molecular flexibility index (Phi) is 9.19. The molecule has 0 saturated heterocycles. The molecule has 1 atom stereocenters. The highest BCUT2D eigenvalue weighted by Gasteiger charge is 2.37. The van der Waals surface area contributed by atoms with Crippen LogP contribution in [-0.4, -0.2) is 34.2 Å². The van der Waals surface area contributed by atoms with Crippen LogP contribution in [0.4, 0.5) is 15.8 Å². The number of hydrogen-bond acceptors (Lipinski definition) is 6. The summed E-state index contributed by atoms with van der Waals surface area (Å²) in [6.07, 6.45) is 8.73. The fourth-order valence-electron chi connectivity index (χ4n) is 5.62. The van der Waals surface area contributed by atoms with E-state index in [9.17, 15) is 18.8 Å². The molecule has 8 nitrogen and oxygen atoms in total. The first kappa shape index (κ1) is 29.0. The van der Waals surface area contributed by atoms with Gasteiger partial charge in [0.2, 0.25) is 5.91 Å². The number of nitrogen functional groups attached to an aromatic ring is 1. The molecule has 0 unspecified atom stereocenters. The van der Waals surface area contributed by atoms with Crippen molar-refractivity contribution < 1.29 is 18.8 Å². The van der Waals surface area contributed by atoms with E-state index >= 15 is 0 Å². The summed E-state index contributed by atoms with van der Waals surface area (Å²) >= 11 is 6.97. The molecule has 5 rings (SSSR count). The highest BCUT2D eigenvalue weighted by atomic mass is 35.5. The molecule has 4 N–H and O–H groups in total. The zero-order chi connectivity index (χ0) is 28.9. The molecule has 0 aliphatic heterocycles. The monoisotopic (exact) mass is 597 g/mol. The largest absolute Gasteiger partial charge is 0.395 e. The number of benzene rings is 2. The fraction of sp³-hybridized carbons (Fsp3) is 0.400. The quantitative estimate of drug-likeness (QED) is 0.293. The molecular weight excluding hydrogens is 565 g/mol. The van der Waals surface area contributed by atoms with Gasteiger partial charge in [0.15, 0.2) is 5.69 Å². The summed E-state index contributed by atoms with van der Waals surface area (Å²) < 4.78 is 18.2. The van der Waals surface area contributed by atoms with Crippen LogP contribution in [0.15, 0.2) is 48.5 Å². The van der Waals surface area contributed by atoms with Crippen LogP contribution in [0.25, 0.3) is 0 Å². The van der Waals surface area contributed by atoms with Crippen molar-refractivity contribution in [3.05, 3.63) is 75.5 Å². The van der Waals surface area contributed by atoms with Crippen LogP contribution in [0.1, 0.15) is 89.6 Å². The molecular formula is C30H33ClFN5O3S. The number of hydrogen-bond donors (Lipinski definition) is 3. The van der Waals surface area contributed by atoms with Crippen LogP contribution >= 0.6 is 23.1 Å². The van der Waals surface area contributed by atoms with Crippen molar-refractivity contribution in [2.24, 2.45) is 0 Å². The molecule has 3 amide bonds. The molecule has 216 valence electrons. The predicted molar refractivity (Wildman–Crippen MR) is 159 cm³/mol. The second-order valence-corrected chi connectivity index (χ2v) is 11.9. The number of halogens is 2. The molecule has 2 aliphatic carbocycles. The molecule has 2 fully saturated rings. The van der Waals surface area contributed by atoms with Gasteiger partial charge >= 0.3 is 0 Å². The lowest BCUT2D eigenvalue weighted by molar-refractivity contribution is -0.123. The summed E-state index contributed by atoms with van der Waals surface area (Å²) in [5.41, 5.74) is 7.14. The van der Waals surface area contributed by atoms with Gasteiger partial charge in [0.25, 0.3) is 11.8 Å². The van der Waals surface area contributed by atoms with E-state index in [4.69, 9.17) is 17.3 Å². The minimum Gasteiger partial charge on any atom is -0.395 e. The molecule has 2 aromatic carbocycles. The summed E-state index contributed by atoms with van der Waals surface area (Å²) in [4.78, 5) is 42.6. The first-order valence-corrected chi connectivity index (χ1v) is 15.2. The fourth-order valence-corrected chi connectivity index (χ4v) is 6.48. The number of anilines is 2. The van der Waals surface area contributed by atoms with Crippen LogP contribution in [0.2, 0.25) is 5.02 Å². The Morgan fingerprint density at radius 1 is 0.902 bits per heavy atom. The lowest BCUT2D eigenvalue weighted by Gasteiger charge is -2.32. The van der Waals surface area contributed by atoms with Gasteiger partial charge in [0.1, 0.15) is 16.7 Å². The van der Waals surface area contributed by atoms with Gasteiger partial charge in [-0.2, -0.15) is 4.37 Å². The maximum Gasteiger partial charge on any atom is 0.273 e. The van der Waals surface area contributed by atoms with Crippen molar-refractivity contribution in [3.8, 4) is 0 Å². The average molecular weight is 598 g/mol. The standard InChI is InChI=1S/C30H33ClFN5O3S/c31-19-12-16-23(17-13-19)37(26(18-10-14-20(32)15-11-18)29(39)35-22-8-4-5-9-22)30(40)27-24(33)25(36-41-27)28(38)34-21-6-2-1-3-7-21/h10-17,21-22,26H,1-9,33H2,(H,34,38)(H,35,39)/t26-/m1/s1. The Labute approximate surface area is 247 Å². The van der Waals surface area contributed by atoms with Crippen molar-refractivity contribution in [2.45, 2.75) is 75.9 Å². The van der Waals surface area contributed by atoms with Crippen molar-refractivity contribution >= 4 is 52.2 Å². The zero-order valence-electron chi connectivity index (χ0n) is 22.6. The third-order valence-corrected chi connectivity index (χ3v) is 8.90. The normalized spacial score (nSPS) is 16.7. The van der Waals surface area contributed by atoms with Crippen molar-refractivity contribution in [2.75, 3.05) is 10.6 Å². The van der Waals surface area contributed by atoms with Gasteiger partial charge in [-0.1, -0.05) is 55.8 Å². The SMILES string of the molecule is Nc1c(C(=O)NC2CCCCC2)nsc1C(=O)N(c1ccc(Cl)cc1)[C@@H](C(=O)NC1CCCC1)c1ccc(F)cc1. The number of nitrogens with zero attached hydrogens (tertiary/aromatic N) is 2. The smallest absolute Gasteiger partial charge is 0.273 e. The van der Waals surface area contributed by atoms with Gasteiger partial charge < -0.3 is 16.4 Å². The molecule has 0 bridgehead atoms. The van der Waals surface area contributed by atoms with Crippen molar-refractivity contribution in [1.29, 1.82) is 0 Å². The number of carbonyl (C=O) groups is 3. The second-order valence-electron chi connectivity index (χ2n) is 10.7. The number of nitrogens with two attached hydrogens (primary N) is 1. The highest BCUT2D eigenvalue weighted by molar-refractivity contribution is 7.09. The Hall–Kier alpha value is -3.50. The van der Waals surface area contributed by atoms with Gasteiger partial charge in [-0.15, -0.1) is 0 Å². The number of carbonyl (C=O) groups excluding carboxylic acids is 3. The number of nitrogens with one attached hydrogen (secondary N) is 2. The minimum atomic E-state index is -1.15. The van der Waals surface area contributed by atoms with Crippen molar-refractivity contribution in [3.63, 3.8) is 0 Å². The molecule has 2 aliphatic rings. The van der Waals surface area contributed by atoms with Gasteiger partial charge in [-0.3, -0.25) is 19.3 Å².